The fourth-order valence-electron chi connectivity index (χ4n) is 2.95. The molecular weight excluding hydrogens is 260 g/mol. The van der Waals surface area contributed by atoms with Crippen molar-refractivity contribution >= 4 is 11.6 Å². The number of piperidine rings is 1. The van der Waals surface area contributed by atoms with Crippen LogP contribution in [0.2, 0.25) is 0 Å². The summed E-state index contributed by atoms with van der Waals surface area (Å²) in [7, 11) is 0. The number of rotatable bonds is 4. The number of hydrogen-bond donors (Lipinski definition) is 1. The number of likely N-dealkylation sites (tertiary alicyclic amines) is 1. The van der Waals surface area contributed by atoms with Crippen LogP contribution >= 0.6 is 0 Å². The van der Waals surface area contributed by atoms with Gasteiger partial charge in [0.25, 0.3) is 5.91 Å². The van der Waals surface area contributed by atoms with Crippen molar-refractivity contribution in [3.63, 3.8) is 0 Å². The maximum atomic E-state index is 12.8. The molecule has 1 aliphatic heterocycles. The third-order valence-electron chi connectivity index (χ3n) is 4.88. The molecule has 3 heteroatoms. The van der Waals surface area contributed by atoms with E-state index in [1.165, 1.54) is 12.0 Å². The zero-order chi connectivity index (χ0) is 15.5. The molecule has 1 saturated heterocycles. The fraction of sp³-hybridized carbons (Fsp3) is 0.611. The van der Waals surface area contributed by atoms with Gasteiger partial charge in [0.1, 0.15) is 0 Å². The lowest BCUT2D eigenvalue weighted by Gasteiger charge is -2.39. The molecule has 1 amide bonds. The maximum absolute atomic E-state index is 12.8. The highest BCUT2D eigenvalue weighted by molar-refractivity contribution is 5.99. The Morgan fingerprint density at radius 3 is 2.52 bits per heavy atom. The molecule has 1 aromatic rings. The molecule has 0 unspecified atom stereocenters. The lowest BCUT2D eigenvalue weighted by molar-refractivity contribution is 0.0601. The van der Waals surface area contributed by atoms with Crippen LogP contribution in [0.15, 0.2) is 18.2 Å². The lowest BCUT2D eigenvalue weighted by Crippen LogP contribution is -2.42. The van der Waals surface area contributed by atoms with Gasteiger partial charge in [-0.15, -0.1) is 0 Å². The second-order valence-electron chi connectivity index (χ2n) is 6.54. The van der Waals surface area contributed by atoms with E-state index in [2.05, 4.69) is 39.1 Å². The minimum absolute atomic E-state index is 0.170. The number of anilines is 1. The van der Waals surface area contributed by atoms with Crippen molar-refractivity contribution in [2.75, 3.05) is 25.0 Å². The van der Waals surface area contributed by atoms with Crippen LogP contribution in [0.5, 0.6) is 0 Å². The minimum atomic E-state index is 0.170. The van der Waals surface area contributed by atoms with E-state index in [1.807, 2.05) is 17.0 Å². The molecule has 0 spiro atoms. The summed E-state index contributed by atoms with van der Waals surface area (Å²) in [5.74, 6) is 0.170. The second-order valence-corrected chi connectivity index (χ2v) is 6.54. The van der Waals surface area contributed by atoms with Crippen LogP contribution in [0.3, 0.4) is 0 Å². The van der Waals surface area contributed by atoms with E-state index in [1.54, 1.807) is 0 Å². The topological polar surface area (TPSA) is 32.3 Å². The minimum Gasteiger partial charge on any atom is -0.385 e. The van der Waals surface area contributed by atoms with Crippen LogP contribution in [0.4, 0.5) is 5.69 Å². The van der Waals surface area contributed by atoms with E-state index in [4.69, 9.17) is 0 Å². The molecule has 1 aliphatic rings. The van der Waals surface area contributed by atoms with Crippen molar-refractivity contribution in [2.24, 2.45) is 5.41 Å². The molecule has 0 bridgehead atoms. The zero-order valence-electron chi connectivity index (χ0n) is 13.8. The lowest BCUT2D eigenvalue weighted by atomic mass is 9.78. The number of carbonyl (C=O) groups is 1. The van der Waals surface area contributed by atoms with Crippen LogP contribution < -0.4 is 5.32 Å². The van der Waals surface area contributed by atoms with Gasteiger partial charge in [-0.25, -0.2) is 0 Å². The van der Waals surface area contributed by atoms with Crippen LogP contribution in [-0.2, 0) is 0 Å². The molecule has 0 aliphatic carbocycles. The molecule has 0 atom stereocenters. The number of aryl methyl sites for hydroxylation is 1. The largest absolute Gasteiger partial charge is 0.385 e. The molecule has 1 heterocycles. The molecule has 21 heavy (non-hydrogen) atoms. The summed E-state index contributed by atoms with van der Waals surface area (Å²) in [5.41, 5.74) is 3.36. The normalized spacial score (nSPS) is 17.6. The Kier molecular flexibility index (Phi) is 4.92. The monoisotopic (exact) mass is 288 g/mol. The third kappa shape index (κ3) is 3.58. The Morgan fingerprint density at radius 2 is 1.95 bits per heavy atom. The number of nitrogens with zero attached hydrogens (tertiary/aromatic N) is 1. The first-order valence-electron chi connectivity index (χ1n) is 8.13. The van der Waals surface area contributed by atoms with Gasteiger partial charge < -0.3 is 10.2 Å². The van der Waals surface area contributed by atoms with Gasteiger partial charge in [0.15, 0.2) is 0 Å². The quantitative estimate of drug-likeness (QED) is 0.905. The van der Waals surface area contributed by atoms with E-state index in [-0.39, 0.29) is 5.91 Å². The average molecular weight is 288 g/mol. The Bertz CT molecular complexity index is 502. The average Bonchev–Trinajstić information content (AvgIpc) is 2.48. The van der Waals surface area contributed by atoms with Crippen molar-refractivity contribution < 1.29 is 4.79 Å². The van der Waals surface area contributed by atoms with E-state index in [9.17, 15) is 4.79 Å². The molecule has 1 aromatic carbocycles. The summed E-state index contributed by atoms with van der Waals surface area (Å²) in [4.78, 5) is 14.8. The fourth-order valence-corrected chi connectivity index (χ4v) is 2.95. The summed E-state index contributed by atoms with van der Waals surface area (Å²) >= 11 is 0. The van der Waals surface area contributed by atoms with E-state index in [0.717, 1.165) is 43.7 Å². The Labute approximate surface area is 128 Å². The summed E-state index contributed by atoms with van der Waals surface area (Å²) in [6.45, 7) is 11.3. The van der Waals surface area contributed by atoms with Crippen molar-refractivity contribution in [3.05, 3.63) is 29.3 Å². The Hall–Kier alpha value is -1.51. The summed E-state index contributed by atoms with van der Waals surface area (Å²) in [6, 6.07) is 6.05. The van der Waals surface area contributed by atoms with E-state index in [0.29, 0.717) is 5.41 Å². The van der Waals surface area contributed by atoms with Gasteiger partial charge in [-0.2, -0.15) is 0 Å². The number of amides is 1. The molecule has 1 fully saturated rings. The SMILES string of the molecule is CCNc1cc(C)ccc1C(=O)N1CCC(C)(CC)CC1. The first kappa shape index (κ1) is 15.9. The summed E-state index contributed by atoms with van der Waals surface area (Å²) in [5, 5.41) is 3.32. The number of benzene rings is 1. The highest BCUT2D eigenvalue weighted by Crippen LogP contribution is 2.34. The van der Waals surface area contributed by atoms with Crippen LogP contribution in [0.25, 0.3) is 0 Å². The van der Waals surface area contributed by atoms with Gasteiger partial charge in [0.2, 0.25) is 0 Å². The molecule has 0 radical (unpaired) electrons. The second kappa shape index (κ2) is 6.50. The van der Waals surface area contributed by atoms with Gasteiger partial charge in [0, 0.05) is 25.3 Å². The van der Waals surface area contributed by atoms with Crippen LogP contribution in [0.1, 0.15) is 56.0 Å². The smallest absolute Gasteiger partial charge is 0.255 e. The molecule has 1 N–H and O–H groups in total. The highest BCUT2D eigenvalue weighted by atomic mass is 16.2. The molecule has 116 valence electrons. The molecule has 0 aromatic heterocycles. The summed E-state index contributed by atoms with van der Waals surface area (Å²) in [6.07, 6.45) is 3.41. The van der Waals surface area contributed by atoms with Crippen molar-refractivity contribution in [3.8, 4) is 0 Å². The molecule has 3 nitrogen and oxygen atoms in total. The first-order valence-corrected chi connectivity index (χ1v) is 8.13. The van der Waals surface area contributed by atoms with Gasteiger partial charge in [0.05, 0.1) is 5.56 Å². The predicted octanol–water partition coefficient (Wildman–Crippen LogP) is 4.08. The van der Waals surface area contributed by atoms with Crippen molar-refractivity contribution in [2.45, 2.75) is 47.0 Å². The van der Waals surface area contributed by atoms with Gasteiger partial charge in [-0.3, -0.25) is 4.79 Å². The molecular formula is C18H28N2O. The summed E-state index contributed by atoms with van der Waals surface area (Å²) < 4.78 is 0. The Balaban J connectivity index is 2.14. The number of nitrogens with one attached hydrogen (secondary N) is 1. The first-order chi connectivity index (χ1) is 9.99. The van der Waals surface area contributed by atoms with Crippen LogP contribution in [0, 0.1) is 12.3 Å². The molecule has 0 saturated carbocycles. The van der Waals surface area contributed by atoms with Gasteiger partial charge in [-0.05, 0) is 49.8 Å². The van der Waals surface area contributed by atoms with Crippen molar-refractivity contribution in [1.82, 2.24) is 4.90 Å². The predicted molar refractivity (Wildman–Crippen MR) is 88.9 cm³/mol. The number of carbonyl (C=O) groups excluding carboxylic acids is 1. The number of hydrogen-bond acceptors (Lipinski definition) is 2. The zero-order valence-corrected chi connectivity index (χ0v) is 13.8. The third-order valence-corrected chi connectivity index (χ3v) is 4.88. The van der Waals surface area contributed by atoms with Crippen LogP contribution in [-0.4, -0.2) is 30.4 Å². The Morgan fingerprint density at radius 1 is 1.29 bits per heavy atom. The van der Waals surface area contributed by atoms with Crippen molar-refractivity contribution in [1.29, 1.82) is 0 Å². The maximum Gasteiger partial charge on any atom is 0.255 e. The van der Waals surface area contributed by atoms with Gasteiger partial charge >= 0.3 is 0 Å². The van der Waals surface area contributed by atoms with Gasteiger partial charge in [-0.1, -0.05) is 26.3 Å². The molecule has 2 rings (SSSR count). The highest BCUT2D eigenvalue weighted by Gasteiger charge is 2.31. The van der Waals surface area contributed by atoms with E-state index < -0.39 is 0 Å². The van der Waals surface area contributed by atoms with E-state index >= 15 is 0 Å². The standard InChI is InChI=1S/C18H28N2O/c1-5-18(4)9-11-20(12-10-18)17(21)15-8-7-14(3)13-16(15)19-6-2/h7-8,13,19H,5-6,9-12H2,1-4H3.